The van der Waals surface area contributed by atoms with Crippen molar-refractivity contribution in [2.24, 2.45) is 5.14 Å². The van der Waals surface area contributed by atoms with E-state index in [9.17, 15) is 18.0 Å². The Balaban J connectivity index is 1.78. The van der Waals surface area contributed by atoms with Gasteiger partial charge in [-0.25, -0.2) is 18.4 Å². The molecule has 0 unspecified atom stereocenters. The van der Waals surface area contributed by atoms with Gasteiger partial charge in [-0.1, -0.05) is 6.07 Å². The molecule has 0 bridgehead atoms. The first-order valence-electron chi connectivity index (χ1n) is 10.5. The average molecular weight is 499 g/mol. The number of nitrogens with two attached hydrogens (primary N) is 1. The number of esters is 1. The summed E-state index contributed by atoms with van der Waals surface area (Å²) in [6.45, 7) is 3.43. The molecule has 1 heterocycles. The first-order chi connectivity index (χ1) is 16.5. The summed E-state index contributed by atoms with van der Waals surface area (Å²) in [6, 6.07) is 12.9. The smallest absolute Gasteiger partial charge is 0.330 e. The third-order valence-corrected chi connectivity index (χ3v) is 6.24. The Kier molecular flexibility index (Phi) is 7.78. The second-order valence-electron chi connectivity index (χ2n) is 7.64. The number of methoxy groups -OCH3 is 2. The van der Waals surface area contributed by atoms with Crippen molar-refractivity contribution in [2.75, 3.05) is 20.8 Å². The maximum absolute atomic E-state index is 13.0. The second-order valence-corrected chi connectivity index (χ2v) is 9.20. The van der Waals surface area contributed by atoms with Gasteiger partial charge in [0.25, 0.3) is 0 Å². The molecule has 0 atom stereocenters. The molecule has 184 valence electrons. The fourth-order valence-corrected chi connectivity index (χ4v) is 4.10. The maximum atomic E-state index is 13.0. The van der Waals surface area contributed by atoms with Crippen LogP contribution in [-0.2, 0) is 19.6 Å². The van der Waals surface area contributed by atoms with Crippen LogP contribution >= 0.6 is 0 Å². The van der Waals surface area contributed by atoms with Crippen LogP contribution in [0.3, 0.4) is 0 Å². The van der Waals surface area contributed by atoms with E-state index in [1.165, 1.54) is 32.4 Å². The van der Waals surface area contributed by atoms with E-state index in [-0.39, 0.29) is 17.3 Å². The predicted octanol–water partition coefficient (Wildman–Crippen LogP) is 3.20. The number of aryl methyl sites for hydroxylation is 1. The number of aromatic nitrogens is 1. The number of carbonyl (C=O) groups is 2. The minimum absolute atomic E-state index is 0.00849. The molecule has 1 aromatic heterocycles. The number of hydrogen-bond donors (Lipinski definition) is 1. The van der Waals surface area contributed by atoms with Crippen LogP contribution in [0.25, 0.3) is 11.8 Å². The zero-order valence-corrected chi connectivity index (χ0v) is 20.6. The fraction of sp³-hybridized carbons (Fsp3) is 0.200. The molecule has 0 saturated carbocycles. The highest BCUT2D eigenvalue weighted by Gasteiger charge is 2.18. The van der Waals surface area contributed by atoms with Gasteiger partial charge in [0, 0.05) is 28.7 Å². The molecule has 0 amide bonds. The van der Waals surface area contributed by atoms with Crippen molar-refractivity contribution in [1.29, 1.82) is 0 Å². The van der Waals surface area contributed by atoms with Crippen LogP contribution in [-0.4, -0.2) is 45.6 Å². The van der Waals surface area contributed by atoms with E-state index in [1.54, 1.807) is 49.4 Å². The van der Waals surface area contributed by atoms with E-state index in [1.807, 2.05) is 11.5 Å². The third kappa shape index (κ3) is 5.97. The molecule has 0 radical (unpaired) electrons. The molecule has 3 aromatic rings. The molecule has 0 spiro atoms. The van der Waals surface area contributed by atoms with Gasteiger partial charge in [0.05, 0.1) is 19.1 Å². The van der Waals surface area contributed by atoms with E-state index in [4.69, 9.17) is 14.6 Å². The predicted molar refractivity (Wildman–Crippen MR) is 130 cm³/mol. The number of hydrogen-bond acceptors (Lipinski definition) is 7. The Hall–Kier alpha value is -3.89. The van der Waals surface area contributed by atoms with Crippen LogP contribution in [0.15, 0.2) is 59.5 Å². The number of sulfonamides is 1. The topological polar surface area (TPSA) is 127 Å². The molecule has 10 heteroatoms. The van der Waals surface area contributed by atoms with Crippen LogP contribution in [0.2, 0.25) is 0 Å². The lowest BCUT2D eigenvalue weighted by Crippen LogP contribution is -2.13. The van der Waals surface area contributed by atoms with Gasteiger partial charge in [-0.2, -0.15) is 0 Å². The first kappa shape index (κ1) is 25.7. The van der Waals surface area contributed by atoms with Crippen molar-refractivity contribution in [2.45, 2.75) is 18.7 Å². The molecule has 0 fully saturated rings. The molecule has 2 aromatic carbocycles. The number of ether oxygens (including phenoxy) is 3. The van der Waals surface area contributed by atoms with Crippen molar-refractivity contribution in [3.63, 3.8) is 0 Å². The quantitative estimate of drug-likeness (QED) is 0.273. The minimum atomic E-state index is -3.80. The average Bonchev–Trinajstić information content (AvgIpc) is 3.14. The Morgan fingerprint density at radius 3 is 2.29 bits per heavy atom. The van der Waals surface area contributed by atoms with Gasteiger partial charge in [-0.15, -0.1) is 0 Å². The molecular weight excluding hydrogens is 472 g/mol. The molecule has 9 nitrogen and oxygen atoms in total. The Bertz CT molecular complexity index is 1390. The Morgan fingerprint density at radius 2 is 1.69 bits per heavy atom. The summed E-state index contributed by atoms with van der Waals surface area (Å²) in [7, 11) is -1.02. The van der Waals surface area contributed by atoms with Crippen LogP contribution < -0.4 is 14.6 Å². The van der Waals surface area contributed by atoms with Gasteiger partial charge in [-0.3, -0.25) is 4.79 Å². The van der Waals surface area contributed by atoms with Crippen molar-refractivity contribution in [3.05, 3.63) is 77.1 Å². The molecule has 3 rings (SSSR count). The van der Waals surface area contributed by atoms with Crippen LogP contribution in [0.1, 0.15) is 27.3 Å². The van der Waals surface area contributed by atoms with Crippen molar-refractivity contribution in [1.82, 2.24) is 4.57 Å². The van der Waals surface area contributed by atoms with Gasteiger partial charge in [0.15, 0.2) is 18.1 Å². The molecular formula is C25H26N2O7S. The summed E-state index contributed by atoms with van der Waals surface area (Å²) < 4.78 is 40.5. The van der Waals surface area contributed by atoms with E-state index in [0.717, 1.165) is 5.69 Å². The van der Waals surface area contributed by atoms with Crippen LogP contribution in [0.5, 0.6) is 11.5 Å². The van der Waals surface area contributed by atoms with Gasteiger partial charge in [0.1, 0.15) is 0 Å². The highest BCUT2D eigenvalue weighted by atomic mass is 32.2. The highest BCUT2D eigenvalue weighted by Crippen LogP contribution is 2.29. The zero-order chi connectivity index (χ0) is 25.8. The molecule has 0 saturated heterocycles. The lowest BCUT2D eigenvalue weighted by atomic mass is 10.1. The third-order valence-electron chi connectivity index (χ3n) is 5.31. The molecule has 0 aliphatic heterocycles. The molecule has 0 aliphatic rings. The highest BCUT2D eigenvalue weighted by molar-refractivity contribution is 7.89. The first-order valence-corrected chi connectivity index (χ1v) is 12.0. The maximum Gasteiger partial charge on any atom is 0.330 e. The summed E-state index contributed by atoms with van der Waals surface area (Å²) in [4.78, 5) is 24.3. The van der Waals surface area contributed by atoms with E-state index in [2.05, 4.69) is 4.74 Å². The lowest BCUT2D eigenvalue weighted by Gasteiger charge is -2.12. The van der Waals surface area contributed by atoms with Crippen molar-refractivity contribution < 1.29 is 32.2 Å². The lowest BCUT2D eigenvalue weighted by molar-refractivity contribution is -0.134. The van der Waals surface area contributed by atoms with Crippen LogP contribution in [0.4, 0.5) is 0 Å². The van der Waals surface area contributed by atoms with Gasteiger partial charge in [0.2, 0.25) is 15.8 Å². The summed E-state index contributed by atoms with van der Waals surface area (Å²) in [5.41, 5.74) is 3.37. The number of carbonyl (C=O) groups excluding carboxylic acids is 2. The number of nitrogens with zero attached hydrogens (tertiary/aromatic N) is 1. The SMILES string of the molecule is COC(=O)/C=C/c1ccc(OCC(=O)c2cc(C)n(-c3ccc(S(N)(=O)=O)cc3)c2C)c(OC)c1. The molecule has 2 N–H and O–H groups in total. The normalized spacial score (nSPS) is 11.5. The summed E-state index contributed by atoms with van der Waals surface area (Å²) in [6.07, 6.45) is 2.87. The summed E-state index contributed by atoms with van der Waals surface area (Å²) >= 11 is 0. The van der Waals surface area contributed by atoms with E-state index >= 15 is 0 Å². The monoisotopic (exact) mass is 498 g/mol. The molecule has 35 heavy (non-hydrogen) atoms. The fourth-order valence-electron chi connectivity index (χ4n) is 3.59. The van der Waals surface area contributed by atoms with Crippen molar-refractivity contribution >= 4 is 27.9 Å². The van der Waals surface area contributed by atoms with E-state index < -0.39 is 16.0 Å². The van der Waals surface area contributed by atoms with Crippen molar-refractivity contribution in [3.8, 4) is 17.2 Å². The second kappa shape index (κ2) is 10.6. The van der Waals surface area contributed by atoms with Gasteiger partial charge >= 0.3 is 5.97 Å². The Morgan fingerprint density at radius 1 is 1.00 bits per heavy atom. The Labute approximate surface area is 203 Å². The van der Waals surface area contributed by atoms with Gasteiger partial charge in [-0.05, 0) is 68.0 Å². The minimum Gasteiger partial charge on any atom is -0.493 e. The van der Waals surface area contributed by atoms with E-state index in [0.29, 0.717) is 34.0 Å². The standard InChI is InChI=1S/C25H26N2O7S/c1-16-13-21(17(2)27(16)19-7-9-20(10-8-19)35(26,30)31)22(28)15-34-23-11-5-18(14-24(23)32-3)6-12-25(29)33-4/h5-14H,15H2,1-4H3,(H2,26,30,31)/b12-6+. The zero-order valence-electron chi connectivity index (χ0n) is 19.8. The number of Topliss-reactive ketones (excluding diaryl/α,β-unsaturated/α-hetero) is 1. The molecule has 0 aliphatic carbocycles. The largest absolute Gasteiger partial charge is 0.493 e. The number of ketones is 1. The number of benzene rings is 2. The summed E-state index contributed by atoms with van der Waals surface area (Å²) in [5, 5.41) is 5.17. The van der Waals surface area contributed by atoms with Crippen LogP contribution in [0, 0.1) is 13.8 Å². The number of rotatable bonds is 9. The summed E-state index contributed by atoms with van der Waals surface area (Å²) in [5.74, 6) is 0.0729. The number of primary sulfonamides is 1. The van der Waals surface area contributed by atoms with Gasteiger partial charge < -0.3 is 18.8 Å².